The Morgan fingerprint density at radius 3 is 2.82 bits per heavy atom. The average Bonchev–Trinajstić information content (AvgIpc) is 3.39. The SMILES string of the molecule is N#Cc1c(F)ccc(C2CN3CCN(C(=O)Cc4cnc(-n5cnnn5)nc4)CC3CO2)c1Cl. The molecule has 2 saturated heterocycles. The number of fused-ring (bicyclic) bond motifs is 1. The van der Waals surface area contributed by atoms with Crippen molar-refractivity contribution in [2.45, 2.75) is 18.6 Å². The standard InChI is InChI=1S/C21H19ClFN9O2/c22-20-15(1-2-17(23)16(20)6-24)18-10-30-3-4-31(9-14(30)11-34-18)19(33)5-13-7-25-21(26-8-13)32-12-27-28-29-32/h1-2,7-8,12,14,18H,3-5,9-11H2. The van der Waals surface area contributed by atoms with Crippen LogP contribution in [0, 0.1) is 17.1 Å². The van der Waals surface area contributed by atoms with E-state index in [2.05, 4.69) is 30.4 Å². The summed E-state index contributed by atoms with van der Waals surface area (Å²) in [5.74, 6) is -0.333. The lowest BCUT2D eigenvalue weighted by Crippen LogP contribution is -2.59. The molecule has 0 aliphatic carbocycles. The highest BCUT2D eigenvalue weighted by atomic mass is 35.5. The fourth-order valence-electron chi connectivity index (χ4n) is 4.22. The van der Waals surface area contributed by atoms with Crippen molar-refractivity contribution in [1.29, 1.82) is 5.26 Å². The predicted octanol–water partition coefficient (Wildman–Crippen LogP) is 0.943. The van der Waals surface area contributed by atoms with Gasteiger partial charge in [-0.2, -0.15) is 9.94 Å². The maximum atomic E-state index is 13.8. The summed E-state index contributed by atoms with van der Waals surface area (Å²) in [6.45, 7) is 2.74. The Hall–Kier alpha value is -3.53. The summed E-state index contributed by atoms with van der Waals surface area (Å²) in [6, 6.07) is 4.66. The molecule has 13 heteroatoms. The zero-order valence-corrected chi connectivity index (χ0v) is 18.6. The van der Waals surface area contributed by atoms with E-state index in [4.69, 9.17) is 16.3 Å². The number of amides is 1. The zero-order chi connectivity index (χ0) is 23.7. The van der Waals surface area contributed by atoms with E-state index in [1.54, 1.807) is 18.5 Å². The van der Waals surface area contributed by atoms with Crippen LogP contribution in [0.5, 0.6) is 0 Å². The lowest BCUT2D eigenvalue weighted by Gasteiger charge is -2.46. The molecule has 2 aromatic heterocycles. The van der Waals surface area contributed by atoms with Crippen LogP contribution in [0.1, 0.15) is 22.8 Å². The molecule has 34 heavy (non-hydrogen) atoms. The van der Waals surface area contributed by atoms with Gasteiger partial charge >= 0.3 is 0 Å². The summed E-state index contributed by atoms with van der Waals surface area (Å²) in [6.07, 6.45) is 4.40. The summed E-state index contributed by atoms with van der Waals surface area (Å²) in [5.41, 5.74) is 1.13. The molecule has 0 bridgehead atoms. The number of hydrogen-bond acceptors (Lipinski definition) is 9. The summed E-state index contributed by atoms with van der Waals surface area (Å²) >= 11 is 6.27. The molecule has 11 nitrogen and oxygen atoms in total. The van der Waals surface area contributed by atoms with E-state index in [0.717, 1.165) is 0 Å². The number of benzene rings is 1. The summed E-state index contributed by atoms with van der Waals surface area (Å²) < 4.78 is 21.2. The minimum absolute atomic E-state index is 0.0132. The Morgan fingerprint density at radius 1 is 1.26 bits per heavy atom. The molecule has 0 spiro atoms. The Balaban J connectivity index is 1.19. The van der Waals surface area contributed by atoms with Crippen LogP contribution in [0.15, 0.2) is 30.9 Å². The van der Waals surface area contributed by atoms with Crippen LogP contribution in [0.2, 0.25) is 5.02 Å². The number of hydrogen-bond donors (Lipinski definition) is 0. The van der Waals surface area contributed by atoms with Gasteiger partial charge in [0, 0.05) is 44.1 Å². The quantitative estimate of drug-likeness (QED) is 0.532. The predicted molar refractivity (Wildman–Crippen MR) is 115 cm³/mol. The Morgan fingerprint density at radius 2 is 2.09 bits per heavy atom. The van der Waals surface area contributed by atoms with Gasteiger partial charge in [-0.1, -0.05) is 17.7 Å². The van der Waals surface area contributed by atoms with Gasteiger partial charge in [-0.25, -0.2) is 14.4 Å². The molecule has 2 fully saturated rings. The van der Waals surface area contributed by atoms with Crippen molar-refractivity contribution in [2.75, 3.05) is 32.8 Å². The highest BCUT2D eigenvalue weighted by Gasteiger charge is 2.36. The number of aromatic nitrogens is 6. The number of carbonyl (C=O) groups is 1. The van der Waals surface area contributed by atoms with E-state index >= 15 is 0 Å². The van der Waals surface area contributed by atoms with Gasteiger partial charge in [-0.05, 0) is 22.1 Å². The minimum atomic E-state index is -0.646. The topological polar surface area (TPSA) is 126 Å². The van der Waals surface area contributed by atoms with Crippen molar-refractivity contribution in [2.24, 2.45) is 0 Å². The van der Waals surface area contributed by atoms with Crippen molar-refractivity contribution in [1.82, 2.24) is 40.0 Å². The smallest absolute Gasteiger partial charge is 0.253 e. The molecule has 1 aromatic carbocycles. The van der Waals surface area contributed by atoms with Crippen molar-refractivity contribution in [3.63, 3.8) is 0 Å². The molecule has 0 N–H and O–H groups in total. The van der Waals surface area contributed by atoms with Gasteiger partial charge in [-0.15, -0.1) is 5.10 Å². The largest absolute Gasteiger partial charge is 0.370 e. The van der Waals surface area contributed by atoms with Gasteiger partial charge in [0.1, 0.15) is 23.8 Å². The van der Waals surface area contributed by atoms with Crippen molar-refractivity contribution >= 4 is 17.5 Å². The minimum Gasteiger partial charge on any atom is -0.370 e. The van der Waals surface area contributed by atoms with Crippen LogP contribution in [0.25, 0.3) is 5.95 Å². The molecule has 1 amide bonds. The third kappa shape index (κ3) is 4.33. The number of nitriles is 1. The third-order valence-electron chi connectivity index (χ3n) is 6.03. The Bertz CT molecular complexity index is 1230. The van der Waals surface area contributed by atoms with Crippen molar-refractivity contribution in [3.05, 3.63) is 58.4 Å². The molecule has 174 valence electrons. The monoisotopic (exact) mass is 483 g/mol. The summed E-state index contributed by atoms with van der Waals surface area (Å²) in [4.78, 5) is 25.3. The van der Waals surface area contributed by atoms with Crippen LogP contribution in [-0.2, 0) is 16.0 Å². The first-order valence-corrected chi connectivity index (χ1v) is 11.0. The molecule has 3 aromatic rings. The van der Waals surface area contributed by atoms with Crippen molar-refractivity contribution in [3.8, 4) is 12.0 Å². The Labute approximate surface area is 198 Å². The number of piperazine rings is 1. The fourth-order valence-corrected chi connectivity index (χ4v) is 4.53. The highest BCUT2D eigenvalue weighted by molar-refractivity contribution is 6.32. The van der Waals surface area contributed by atoms with Crippen LogP contribution < -0.4 is 0 Å². The molecule has 2 aliphatic heterocycles. The second-order valence-electron chi connectivity index (χ2n) is 8.07. The van der Waals surface area contributed by atoms with E-state index in [-0.39, 0.29) is 35.1 Å². The first-order valence-electron chi connectivity index (χ1n) is 10.6. The zero-order valence-electron chi connectivity index (χ0n) is 17.9. The lowest BCUT2D eigenvalue weighted by atomic mass is 10.0. The fraction of sp³-hybridized carbons (Fsp3) is 0.381. The lowest BCUT2D eigenvalue weighted by molar-refractivity contribution is -0.139. The summed E-state index contributed by atoms with van der Waals surface area (Å²) in [5, 5.41) is 20.1. The second kappa shape index (κ2) is 9.38. The van der Waals surface area contributed by atoms with Gasteiger partial charge < -0.3 is 9.64 Å². The molecule has 4 heterocycles. The number of tetrazole rings is 1. The maximum absolute atomic E-state index is 13.8. The number of halogens is 2. The molecule has 2 aliphatic rings. The molecular weight excluding hydrogens is 465 g/mol. The Kier molecular flexibility index (Phi) is 6.14. The van der Waals surface area contributed by atoms with Gasteiger partial charge in [0.05, 0.1) is 30.2 Å². The molecule has 0 radical (unpaired) electrons. The van der Waals surface area contributed by atoms with Crippen molar-refractivity contribution < 1.29 is 13.9 Å². The first-order chi connectivity index (χ1) is 16.5. The van der Waals surface area contributed by atoms with Crippen LogP contribution in [0.3, 0.4) is 0 Å². The van der Waals surface area contributed by atoms with Gasteiger partial charge in [0.25, 0.3) is 5.95 Å². The number of ether oxygens (including phenoxy) is 1. The second-order valence-corrected chi connectivity index (χ2v) is 8.45. The number of rotatable bonds is 4. The first kappa shape index (κ1) is 22.3. The van der Waals surface area contributed by atoms with Crippen LogP contribution in [0.4, 0.5) is 4.39 Å². The van der Waals surface area contributed by atoms with Crippen LogP contribution in [-0.4, -0.2) is 84.7 Å². The van der Waals surface area contributed by atoms with Gasteiger partial charge in [-0.3, -0.25) is 9.69 Å². The summed E-state index contributed by atoms with van der Waals surface area (Å²) in [7, 11) is 0. The number of morpholine rings is 1. The van der Waals surface area contributed by atoms with Gasteiger partial charge in [0.2, 0.25) is 5.91 Å². The number of carbonyl (C=O) groups excluding carboxylic acids is 1. The van der Waals surface area contributed by atoms with E-state index in [0.29, 0.717) is 49.9 Å². The van der Waals surface area contributed by atoms with Crippen LogP contribution >= 0.6 is 11.6 Å². The molecule has 0 saturated carbocycles. The van der Waals surface area contributed by atoms with E-state index in [9.17, 15) is 14.4 Å². The maximum Gasteiger partial charge on any atom is 0.253 e. The molecule has 2 unspecified atom stereocenters. The highest BCUT2D eigenvalue weighted by Crippen LogP contribution is 2.34. The molecular formula is C21H19ClFN9O2. The normalized spacial score (nSPS) is 20.6. The third-order valence-corrected chi connectivity index (χ3v) is 6.44. The molecule has 5 rings (SSSR count). The van der Waals surface area contributed by atoms with E-state index in [1.807, 2.05) is 11.0 Å². The van der Waals surface area contributed by atoms with E-state index < -0.39 is 5.82 Å². The average molecular weight is 484 g/mol. The van der Waals surface area contributed by atoms with Gasteiger partial charge in [0.15, 0.2) is 0 Å². The number of nitrogens with zero attached hydrogens (tertiary/aromatic N) is 9. The molecule has 2 atom stereocenters. The van der Waals surface area contributed by atoms with E-state index in [1.165, 1.54) is 17.1 Å².